The molecule has 1 amide bonds. The smallest absolute Gasteiger partial charge is 0.225 e. The van der Waals surface area contributed by atoms with Crippen molar-refractivity contribution in [3.05, 3.63) is 18.3 Å². The third-order valence-electron chi connectivity index (χ3n) is 3.87. The van der Waals surface area contributed by atoms with Gasteiger partial charge in [0.15, 0.2) is 5.82 Å². The normalized spacial score (nSPS) is 16.6. The van der Waals surface area contributed by atoms with E-state index in [-0.39, 0.29) is 11.3 Å². The van der Waals surface area contributed by atoms with Gasteiger partial charge in [0.05, 0.1) is 5.69 Å². The van der Waals surface area contributed by atoms with Crippen LogP contribution in [-0.2, 0) is 4.79 Å². The molecule has 1 aliphatic carbocycles. The van der Waals surface area contributed by atoms with E-state index >= 15 is 0 Å². The zero-order chi connectivity index (χ0) is 13.9. The number of pyridine rings is 1. The van der Waals surface area contributed by atoms with E-state index in [1.165, 1.54) is 6.42 Å². The van der Waals surface area contributed by atoms with Gasteiger partial charge in [-0.15, -0.1) is 0 Å². The fourth-order valence-corrected chi connectivity index (χ4v) is 2.52. The molecule has 0 atom stereocenters. The number of nitrogens with one attached hydrogen (secondary N) is 1. The van der Waals surface area contributed by atoms with E-state index in [1.54, 1.807) is 6.20 Å². The molecule has 0 unspecified atom stereocenters. The van der Waals surface area contributed by atoms with Crippen molar-refractivity contribution in [1.82, 2.24) is 4.98 Å². The molecule has 19 heavy (non-hydrogen) atoms. The van der Waals surface area contributed by atoms with Gasteiger partial charge in [-0.25, -0.2) is 4.98 Å². The quantitative estimate of drug-likeness (QED) is 0.845. The second-order valence-electron chi connectivity index (χ2n) is 5.55. The molecule has 1 saturated carbocycles. The maximum atomic E-state index is 12.1. The van der Waals surface area contributed by atoms with Gasteiger partial charge in [0.2, 0.25) is 5.91 Å². The highest BCUT2D eigenvalue weighted by molar-refractivity contribution is 5.94. The Kier molecular flexibility index (Phi) is 4.04. The molecule has 5 heteroatoms. The van der Waals surface area contributed by atoms with Gasteiger partial charge >= 0.3 is 0 Å². The molecule has 1 aromatic heterocycles. The first kappa shape index (κ1) is 13.8. The first-order chi connectivity index (χ1) is 9.06. The van der Waals surface area contributed by atoms with Crippen LogP contribution in [0.2, 0.25) is 0 Å². The highest BCUT2D eigenvalue weighted by atomic mass is 16.1. The van der Waals surface area contributed by atoms with Crippen LogP contribution in [0.4, 0.5) is 11.5 Å². The number of carbonyl (C=O) groups excluding carboxylic acids is 1. The molecule has 0 aromatic carbocycles. The average molecular weight is 262 g/mol. The van der Waals surface area contributed by atoms with Crippen LogP contribution in [0.25, 0.3) is 0 Å². The number of amides is 1. The number of carbonyl (C=O) groups is 1. The zero-order valence-corrected chi connectivity index (χ0v) is 11.6. The molecule has 1 aliphatic rings. The van der Waals surface area contributed by atoms with Crippen molar-refractivity contribution in [3.63, 3.8) is 0 Å². The number of nitrogens with two attached hydrogens (primary N) is 1. The number of hydrogen-bond acceptors (Lipinski definition) is 4. The standard InChI is InChI=1S/C14H22N4O/c1-18(2)13-11(5-3-8-16-13)17-12(19)9-14(10-15)6-4-7-14/h3,5,8H,4,6-7,9-10,15H2,1-2H3,(H,17,19). The van der Waals surface area contributed by atoms with Crippen molar-refractivity contribution in [3.8, 4) is 0 Å². The summed E-state index contributed by atoms with van der Waals surface area (Å²) >= 11 is 0. The van der Waals surface area contributed by atoms with Crippen molar-refractivity contribution < 1.29 is 4.79 Å². The van der Waals surface area contributed by atoms with Gasteiger partial charge in [0.25, 0.3) is 0 Å². The molecular weight excluding hydrogens is 240 g/mol. The van der Waals surface area contributed by atoms with Gasteiger partial charge in [-0.3, -0.25) is 4.79 Å². The fourth-order valence-electron chi connectivity index (χ4n) is 2.52. The minimum Gasteiger partial charge on any atom is -0.361 e. The Bertz CT molecular complexity index is 449. The molecule has 0 saturated heterocycles. The van der Waals surface area contributed by atoms with E-state index in [9.17, 15) is 4.79 Å². The largest absolute Gasteiger partial charge is 0.361 e. The van der Waals surface area contributed by atoms with Gasteiger partial charge in [0.1, 0.15) is 0 Å². The van der Waals surface area contributed by atoms with Crippen molar-refractivity contribution in [1.29, 1.82) is 0 Å². The predicted octanol–water partition coefficient (Wildman–Crippen LogP) is 1.61. The zero-order valence-electron chi connectivity index (χ0n) is 11.6. The molecule has 2 rings (SSSR count). The molecule has 0 radical (unpaired) electrons. The Balaban J connectivity index is 2.03. The monoisotopic (exact) mass is 262 g/mol. The fraction of sp³-hybridized carbons (Fsp3) is 0.571. The second kappa shape index (κ2) is 5.57. The van der Waals surface area contributed by atoms with E-state index in [1.807, 2.05) is 31.1 Å². The molecule has 0 aliphatic heterocycles. The highest BCUT2D eigenvalue weighted by Gasteiger charge is 2.37. The Hall–Kier alpha value is -1.62. The second-order valence-corrected chi connectivity index (χ2v) is 5.55. The first-order valence-electron chi connectivity index (χ1n) is 6.69. The first-order valence-corrected chi connectivity index (χ1v) is 6.69. The summed E-state index contributed by atoms with van der Waals surface area (Å²) in [6, 6.07) is 3.70. The third kappa shape index (κ3) is 3.04. The Morgan fingerprint density at radius 2 is 2.26 bits per heavy atom. The van der Waals surface area contributed by atoms with E-state index < -0.39 is 0 Å². The maximum Gasteiger partial charge on any atom is 0.225 e. The average Bonchev–Trinajstić information content (AvgIpc) is 2.34. The van der Waals surface area contributed by atoms with E-state index in [4.69, 9.17) is 5.73 Å². The van der Waals surface area contributed by atoms with Gasteiger partial charge in [-0.2, -0.15) is 0 Å². The number of aromatic nitrogens is 1. The topological polar surface area (TPSA) is 71.2 Å². The minimum absolute atomic E-state index is 0.0289. The van der Waals surface area contributed by atoms with Gasteiger partial charge in [-0.05, 0) is 36.9 Å². The van der Waals surface area contributed by atoms with Crippen LogP contribution in [0.1, 0.15) is 25.7 Å². The lowest BCUT2D eigenvalue weighted by Crippen LogP contribution is -2.40. The number of nitrogens with zero attached hydrogens (tertiary/aromatic N) is 2. The van der Waals surface area contributed by atoms with Crippen LogP contribution in [0.5, 0.6) is 0 Å². The Morgan fingerprint density at radius 1 is 1.53 bits per heavy atom. The maximum absolute atomic E-state index is 12.1. The summed E-state index contributed by atoms with van der Waals surface area (Å²) in [7, 11) is 3.82. The lowest BCUT2D eigenvalue weighted by Gasteiger charge is -2.40. The lowest BCUT2D eigenvalue weighted by molar-refractivity contribution is -0.119. The van der Waals surface area contributed by atoms with E-state index in [0.29, 0.717) is 13.0 Å². The van der Waals surface area contributed by atoms with E-state index in [0.717, 1.165) is 24.3 Å². The summed E-state index contributed by atoms with van der Waals surface area (Å²) < 4.78 is 0. The molecule has 1 aromatic rings. The molecule has 1 fully saturated rings. The highest BCUT2D eigenvalue weighted by Crippen LogP contribution is 2.43. The molecule has 3 N–H and O–H groups in total. The Morgan fingerprint density at radius 3 is 2.79 bits per heavy atom. The summed E-state index contributed by atoms with van der Waals surface area (Å²) in [5.74, 6) is 0.799. The molecule has 0 bridgehead atoms. The SMILES string of the molecule is CN(C)c1ncccc1NC(=O)CC1(CN)CCC1. The minimum atomic E-state index is 0.0289. The van der Waals surface area contributed by atoms with Crippen molar-refractivity contribution in [2.24, 2.45) is 11.1 Å². The van der Waals surface area contributed by atoms with Crippen molar-refractivity contribution in [2.45, 2.75) is 25.7 Å². The number of anilines is 2. The predicted molar refractivity (Wildman–Crippen MR) is 77.1 cm³/mol. The summed E-state index contributed by atoms with van der Waals surface area (Å²) in [5, 5.41) is 2.95. The lowest BCUT2D eigenvalue weighted by atomic mass is 9.66. The summed E-state index contributed by atoms with van der Waals surface area (Å²) in [5.41, 5.74) is 6.57. The van der Waals surface area contributed by atoms with Crippen LogP contribution >= 0.6 is 0 Å². The third-order valence-corrected chi connectivity index (χ3v) is 3.87. The number of rotatable bonds is 5. The summed E-state index contributed by atoms with van der Waals surface area (Å²) in [6.07, 6.45) is 5.53. The number of hydrogen-bond donors (Lipinski definition) is 2. The van der Waals surface area contributed by atoms with Gasteiger partial charge in [0, 0.05) is 26.7 Å². The van der Waals surface area contributed by atoms with Gasteiger partial charge in [-0.1, -0.05) is 6.42 Å². The van der Waals surface area contributed by atoms with Crippen molar-refractivity contribution >= 4 is 17.4 Å². The van der Waals surface area contributed by atoms with E-state index in [2.05, 4.69) is 10.3 Å². The summed E-state index contributed by atoms with van der Waals surface area (Å²) in [6.45, 7) is 0.591. The Labute approximate surface area is 114 Å². The molecule has 0 spiro atoms. The molecule has 1 heterocycles. The van der Waals surface area contributed by atoms with Crippen LogP contribution in [0.15, 0.2) is 18.3 Å². The molecule has 104 valence electrons. The van der Waals surface area contributed by atoms with Crippen LogP contribution < -0.4 is 16.0 Å². The van der Waals surface area contributed by atoms with Crippen LogP contribution in [0.3, 0.4) is 0 Å². The van der Waals surface area contributed by atoms with Gasteiger partial charge < -0.3 is 16.0 Å². The summed E-state index contributed by atoms with van der Waals surface area (Å²) in [4.78, 5) is 18.3. The van der Waals surface area contributed by atoms with Crippen LogP contribution in [-0.4, -0.2) is 31.5 Å². The van der Waals surface area contributed by atoms with Crippen molar-refractivity contribution in [2.75, 3.05) is 30.9 Å². The molecular formula is C14H22N4O. The van der Waals surface area contributed by atoms with Crippen LogP contribution in [0, 0.1) is 5.41 Å². The molecule has 5 nitrogen and oxygen atoms in total.